The monoisotopic (exact) mass is 286 g/mol. The number of hydrogen-bond donors (Lipinski definition) is 2. The lowest BCUT2D eigenvalue weighted by molar-refractivity contribution is 0.198. The molecule has 0 aliphatic heterocycles. The molecule has 0 bridgehead atoms. The lowest BCUT2D eigenvalue weighted by atomic mass is 10.3. The smallest absolute Gasteiger partial charge is 0.119 e. The molecule has 1 atom stereocenters. The van der Waals surface area contributed by atoms with E-state index in [1.165, 1.54) is 0 Å². The standard InChI is InChI=1S/C14H23ClN2O2/c1-12(11-16-7-9-18-2)17-8-10-19-14-5-3-13(15)4-6-14/h3-6,12,16-17H,7-11H2,1-2H3. The van der Waals surface area contributed by atoms with Gasteiger partial charge in [0.15, 0.2) is 0 Å². The molecule has 0 aromatic heterocycles. The summed E-state index contributed by atoms with van der Waals surface area (Å²) in [6.07, 6.45) is 0. The first-order chi connectivity index (χ1) is 9.22. The van der Waals surface area contributed by atoms with Gasteiger partial charge in [-0.2, -0.15) is 0 Å². The average Bonchev–Trinajstić information content (AvgIpc) is 2.42. The van der Waals surface area contributed by atoms with E-state index in [4.69, 9.17) is 21.1 Å². The number of rotatable bonds is 10. The third-order valence-electron chi connectivity index (χ3n) is 2.61. The molecule has 0 spiro atoms. The molecule has 0 aliphatic rings. The number of benzene rings is 1. The van der Waals surface area contributed by atoms with Crippen molar-refractivity contribution in [2.75, 3.05) is 40.0 Å². The number of halogens is 1. The van der Waals surface area contributed by atoms with Gasteiger partial charge < -0.3 is 20.1 Å². The summed E-state index contributed by atoms with van der Waals surface area (Å²) in [4.78, 5) is 0. The molecule has 0 fully saturated rings. The molecular weight excluding hydrogens is 264 g/mol. The minimum absolute atomic E-state index is 0.408. The number of methoxy groups -OCH3 is 1. The molecule has 1 aromatic carbocycles. The van der Waals surface area contributed by atoms with Gasteiger partial charge in [0, 0.05) is 37.8 Å². The van der Waals surface area contributed by atoms with Gasteiger partial charge in [0.05, 0.1) is 6.61 Å². The van der Waals surface area contributed by atoms with Crippen LogP contribution in [0.15, 0.2) is 24.3 Å². The van der Waals surface area contributed by atoms with Crippen LogP contribution in [-0.4, -0.2) is 46.0 Å². The Morgan fingerprint density at radius 1 is 1.16 bits per heavy atom. The molecule has 108 valence electrons. The Balaban J connectivity index is 2.02. The van der Waals surface area contributed by atoms with Crippen LogP contribution in [0.3, 0.4) is 0 Å². The zero-order valence-corrected chi connectivity index (χ0v) is 12.4. The highest BCUT2D eigenvalue weighted by molar-refractivity contribution is 6.30. The van der Waals surface area contributed by atoms with Gasteiger partial charge in [-0.15, -0.1) is 0 Å². The maximum Gasteiger partial charge on any atom is 0.119 e. The molecule has 1 unspecified atom stereocenters. The minimum atomic E-state index is 0.408. The predicted octanol–water partition coefficient (Wildman–Crippen LogP) is 1.93. The Morgan fingerprint density at radius 3 is 2.58 bits per heavy atom. The summed E-state index contributed by atoms with van der Waals surface area (Å²) < 4.78 is 10.6. The van der Waals surface area contributed by atoms with Crippen LogP contribution < -0.4 is 15.4 Å². The predicted molar refractivity (Wildman–Crippen MR) is 79.2 cm³/mol. The van der Waals surface area contributed by atoms with Gasteiger partial charge in [-0.1, -0.05) is 11.6 Å². The lowest BCUT2D eigenvalue weighted by Crippen LogP contribution is -2.39. The van der Waals surface area contributed by atoms with E-state index in [0.29, 0.717) is 12.6 Å². The van der Waals surface area contributed by atoms with Crippen LogP contribution in [0, 0.1) is 0 Å². The quantitative estimate of drug-likeness (QED) is 0.645. The van der Waals surface area contributed by atoms with Crippen molar-refractivity contribution in [2.24, 2.45) is 0 Å². The molecule has 0 aliphatic carbocycles. The molecule has 2 N–H and O–H groups in total. The lowest BCUT2D eigenvalue weighted by Gasteiger charge is -2.15. The van der Waals surface area contributed by atoms with Crippen LogP contribution in [0.4, 0.5) is 0 Å². The fourth-order valence-corrected chi connectivity index (χ4v) is 1.70. The SMILES string of the molecule is COCCNCC(C)NCCOc1ccc(Cl)cc1. The van der Waals surface area contributed by atoms with Crippen molar-refractivity contribution in [3.63, 3.8) is 0 Å². The molecule has 0 radical (unpaired) electrons. The average molecular weight is 287 g/mol. The van der Waals surface area contributed by atoms with Crippen LogP contribution in [0.25, 0.3) is 0 Å². The number of ether oxygens (including phenoxy) is 2. The van der Waals surface area contributed by atoms with Gasteiger partial charge in [-0.05, 0) is 31.2 Å². The van der Waals surface area contributed by atoms with Crippen molar-refractivity contribution in [3.8, 4) is 5.75 Å². The first-order valence-corrected chi connectivity index (χ1v) is 6.91. The van der Waals surface area contributed by atoms with E-state index in [1.54, 1.807) is 7.11 Å². The second kappa shape index (κ2) is 10.0. The van der Waals surface area contributed by atoms with Gasteiger partial charge in [-0.25, -0.2) is 0 Å². The zero-order valence-electron chi connectivity index (χ0n) is 11.6. The molecule has 0 heterocycles. The summed E-state index contributed by atoms with van der Waals surface area (Å²) in [6, 6.07) is 7.81. The van der Waals surface area contributed by atoms with Crippen molar-refractivity contribution in [1.82, 2.24) is 10.6 Å². The van der Waals surface area contributed by atoms with E-state index >= 15 is 0 Å². The second-order valence-corrected chi connectivity index (χ2v) is 4.79. The Bertz CT molecular complexity index is 333. The molecule has 5 heteroatoms. The van der Waals surface area contributed by atoms with E-state index in [1.807, 2.05) is 24.3 Å². The molecule has 0 saturated heterocycles. The highest BCUT2D eigenvalue weighted by atomic mass is 35.5. The number of nitrogens with one attached hydrogen (secondary N) is 2. The van der Waals surface area contributed by atoms with Crippen molar-refractivity contribution >= 4 is 11.6 Å². The van der Waals surface area contributed by atoms with Gasteiger partial charge >= 0.3 is 0 Å². The van der Waals surface area contributed by atoms with Crippen molar-refractivity contribution in [3.05, 3.63) is 29.3 Å². The Morgan fingerprint density at radius 2 is 1.89 bits per heavy atom. The number of hydrogen-bond acceptors (Lipinski definition) is 4. The third kappa shape index (κ3) is 8.06. The summed E-state index contributed by atoms with van der Waals surface area (Å²) in [5.74, 6) is 0.845. The maximum atomic E-state index is 5.80. The summed E-state index contributed by atoms with van der Waals surface area (Å²) in [6.45, 7) is 6.14. The van der Waals surface area contributed by atoms with Crippen molar-refractivity contribution < 1.29 is 9.47 Å². The molecule has 0 saturated carbocycles. The van der Waals surface area contributed by atoms with Gasteiger partial charge in [0.1, 0.15) is 12.4 Å². The molecular formula is C14H23ClN2O2. The van der Waals surface area contributed by atoms with E-state index in [2.05, 4.69) is 17.6 Å². The van der Waals surface area contributed by atoms with E-state index in [0.717, 1.165) is 37.0 Å². The summed E-state index contributed by atoms with van der Waals surface area (Å²) in [5.41, 5.74) is 0. The maximum absolute atomic E-state index is 5.80. The zero-order chi connectivity index (χ0) is 13.9. The largest absolute Gasteiger partial charge is 0.492 e. The fourth-order valence-electron chi connectivity index (χ4n) is 1.57. The van der Waals surface area contributed by atoms with Crippen LogP contribution >= 0.6 is 11.6 Å². The highest BCUT2D eigenvalue weighted by Crippen LogP contribution is 2.14. The summed E-state index contributed by atoms with van der Waals surface area (Å²) in [7, 11) is 1.71. The summed E-state index contributed by atoms with van der Waals surface area (Å²) >= 11 is 5.80. The van der Waals surface area contributed by atoms with E-state index in [-0.39, 0.29) is 0 Å². The molecule has 1 aromatic rings. The molecule has 1 rings (SSSR count). The van der Waals surface area contributed by atoms with Crippen LogP contribution in [-0.2, 0) is 4.74 Å². The Hall–Kier alpha value is -0.810. The van der Waals surface area contributed by atoms with Crippen LogP contribution in [0.1, 0.15) is 6.92 Å². The normalized spacial score (nSPS) is 12.4. The fraction of sp³-hybridized carbons (Fsp3) is 0.571. The van der Waals surface area contributed by atoms with E-state index < -0.39 is 0 Å². The topological polar surface area (TPSA) is 42.5 Å². The van der Waals surface area contributed by atoms with Crippen molar-refractivity contribution in [2.45, 2.75) is 13.0 Å². The van der Waals surface area contributed by atoms with Crippen LogP contribution in [0.2, 0.25) is 5.02 Å². The van der Waals surface area contributed by atoms with Crippen molar-refractivity contribution in [1.29, 1.82) is 0 Å². The van der Waals surface area contributed by atoms with Gasteiger partial charge in [0.25, 0.3) is 0 Å². The van der Waals surface area contributed by atoms with E-state index in [9.17, 15) is 0 Å². The second-order valence-electron chi connectivity index (χ2n) is 4.35. The van der Waals surface area contributed by atoms with Crippen LogP contribution in [0.5, 0.6) is 5.75 Å². The first kappa shape index (κ1) is 16.2. The molecule has 19 heavy (non-hydrogen) atoms. The Kier molecular flexibility index (Phi) is 8.58. The minimum Gasteiger partial charge on any atom is -0.492 e. The highest BCUT2D eigenvalue weighted by Gasteiger charge is 2.00. The Labute approximate surface area is 120 Å². The first-order valence-electron chi connectivity index (χ1n) is 6.54. The summed E-state index contributed by atoms with van der Waals surface area (Å²) in [5, 5.41) is 7.42. The molecule has 0 amide bonds. The molecule has 4 nitrogen and oxygen atoms in total. The van der Waals surface area contributed by atoms with Gasteiger partial charge in [0.2, 0.25) is 0 Å². The van der Waals surface area contributed by atoms with Gasteiger partial charge in [-0.3, -0.25) is 0 Å². The third-order valence-corrected chi connectivity index (χ3v) is 2.86.